The van der Waals surface area contributed by atoms with Crippen molar-refractivity contribution in [1.82, 2.24) is 10.3 Å². The molecule has 1 saturated carbocycles. The number of fused-ring (bicyclic) bond motifs is 1. The first kappa shape index (κ1) is 12.6. The quantitative estimate of drug-likeness (QED) is 0.902. The summed E-state index contributed by atoms with van der Waals surface area (Å²) in [5, 5.41) is 6.23. The maximum absolute atomic E-state index is 4.34. The van der Waals surface area contributed by atoms with Gasteiger partial charge >= 0.3 is 0 Å². The second-order valence-corrected chi connectivity index (χ2v) is 6.78. The molecule has 0 unspecified atom stereocenters. The average molecular weight is 254 g/mol. The molecular weight excluding hydrogens is 232 g/mol. The zero-order chi connectivity index (χ0) is 13.7. The highest BCUT2D eigenvalue weighted by molar-refractivity contribution is 5.84. The Morgan fingerprint density at radius 1 is 1.05 bits per heavy atom. The fourth-order valence-corrected chi connectivity index (χ4v) is 3.24. The molecule has 0 bridgehead atoms. The first-order chi connectivity index (χ1) is 8.94. The summed E-state index contributed by atoms with van der Waals surface area (Å²) >= 11 is 0. The van der Waals surface area contributed by atoms with Crippen molar-refractivity contribution in [3.8, 4) is 0 Å². The van der Waals surface area contributed by atoms with Crippen molar-refractivity contribution in [3.63, 3.8) is 0 Å². The number of pyridine rings is 1. The third-order valence-electron chi connectivity index (χ3n) is 5.27. The largest absolute Gasteiger partial charge is 0.309 e. The molecule has 19 heavy (non-hydrogen) atoms. The third-order valence-corrected chi connectivity index (χ3v) is 5.27. The van der Waals surface area contributed by atoms with Crippen LogP contribution in [-0.4, -0.2) is 11.0 Å². The zero-order valence-corrected chi connectivity index (χ0v) is 12.2. The standard InChI is InChI=1S/C17H22N2/c1-16(2)15(17(16,3)4)19-11-13-10-18-9-12-7-5-6-8-14(12)13/h5-10,15,19H,11H2,1-4H3. The monoisotopic (exact) mass is 254 g/mol. The van der Waals surface area contributed by atoms with E-state index in [4.69, 9.17) is 0 Å². The summed E-state index contributed by atoms with van der Waals surface area (Å²) in [6.07, 6.45) is 3.92. The van der Waals surface area contributed by atoms with Crippen molar-refractivity contribution < 1.29 is 0 Å². The summed E-state index contributed by atoms with van der Waals surface area (Å²) in [5.74, 6) is 0. The minimum Gasteiger partial charge on any atom is -0.309 e. The lowest BCUT2D eigenvalue weighted by Crippen LogP contribution is -2.21. The Labute approximate surface area is 115 Å². The third kappa shape index (κ3) is 1.86. The molecule has 1 aromatic carbocycles. The summed E-state index contributed by atoms with van der Waals surface area (Å²) < 4.78 is 0. The molecule has 1 aliphatic rings. The highest BCUT2D eigenvalue weighted by Crippen LogP contribution is 2.62. The van der Waals surface area contributed by atoms with Crippen LogP contribution in [0.1, 0.15) is 33.3 Å². The molecule has 0 saturated heterocycles. The molecule has 2 nitrogen and oxygen atoms in total. The second kappa shape index (κ2) is 4.04. The van der Waals surface area contributed by atoms with Gasteiger partial charge in [0.1, 0.15) is 0 Å². The fraction of sp³-hybridized carbons (Fsp3) is 0.471. The van der Waals surface area contributed by atoms with E-state index in [2.05, 4.69) is 62.3 Å². The van der Waals surface area contributed by atoms with Crippen LogP contribution in [0.25, 0.3) is 10.8 Å². The van der Waals surface area contributed by atoms with Crippen LogP contribution in [0.3, 0.4) is 0 Å². The number of benzene rings is 1. The van der Waals surface area contributed by atoms with E-state index in [1.54, 1.807) is 0 Å². The Morgan fingerprint density at radius 2 is 1.74 bits per heavy atom. The van der Waals surface area contributed by atoms with E-state index in [9.17, 15) is 0 Å². The lowest BCUT2D eigenvalue weighted by atomic mass is 10.0. The summed E-state index contributed by atoms with van der Waals surface area (Å²) in [6.45, 7) is 10.3. The second-order valence-electron chi connectivity index (χ2n) is 6.78. The Balaban J connectivity index is 1.81. The smallest absolute Gasteiger partial charge is 0.0346 e. The molecular formula is C17H22N2. The molecule has 3 rings (SSSR count). The van der Waals surface area contributed by atoms with Gasteiger partial charge in [0, 0.05) is 30.4 Å². The summed E-state index contributed by atoms with van der Waals surface area (Å²) in [4.78, 5) is 4.34. The van der Waals surface area contributed by atoms with E-state index in [0.29, 0.717) is 16.9 Å². The van der Waals surface area contributed by atoms with Crippen LogP contribution in [0.5, 0.6) is 0 Å². The molecule has 2 aromatic rings. The lowest BCUT2D eigenvalue weighted by Gasteiger charge is -2.09. The summed E-state index contributed by atoms with van der Waals surface area (Å²) in [5.41, 5.74) is 2.05. The van der Waals surface area contributed by atoms with E-state index in [1.165, 1.54) is 16.3 Å². The van der Waals surface area contributed by atoms with Gasteiger partial charge in [-0.1, -0.05) is 52.0 Å². The van der Waals surface area contributed by atoms with E-state index < -0.39 is 0 Å². The molecule has 0 radical (unpaired) electrons. The normalized spacial score (nSPS) is 20.6. The SMILES string of the molecule is CC1(C)C(NCc2cncc3ccccc23)C1(C)C. The molecule has 0 aliphatic heterocycles. The van der Waals surface area contributed by atoms with Crippen molar-refractivity contribution in [1.29, 1.82) is 0 Å². The highest BCUT2D eigenvalue weighted by atomic mass is 15.0. The van der Waals surface area contributed by atoms with Crippen molar-refractivity contribution in [2.24, 2.45) is 10.8 Å². The van der Waals surface area contributed by atoms with Crippen molar-refractivity contribution in [2.75, 3.05) is 0 Å². The molecule has 1 heterocycles. The molecule has 1 aromatic heterocycles. The van der Waals surface area contributed by atoms with E-state index >= 15 is 0 Å². The maximum atomic E-state index is 4.34. The van der Waals surface area contributed by atoms with Gasteiger partial charge in [0.2, 0.25) is 0 Å². The fourth-order valence-electron chi connectivity index (χ4n) is 3.24. The molecule has 0 amide bonds. The van der Waals surface area contributed by atoms with E-state index in [1.807, 2.05) is 12.4 Å². The first-order valence-corrected chi connectivity index (χ1v) is 6.99. The van der Waals surface area contributed by atoms with Crippen LogP contribution >= 0.6 is 0 Å². The Morgan fingerprint density at radius 3 is 2.42 bits per heavy atom. The van der Waals surface area contributed by atoms with Crippen molar-refractivity contribution in [3.05, 3.63) is 42.2 Å². The molecule has 1 fully saturated rings. The van der Waals surface area contributed by atoms with Crippen LogP contribution in [-0.2, 0) is 6.54 Å². The van der Waals surface area contributed by atoms with Crippen molar-refractivity contribution >= 4 is 10.8 Å². The number of hydrogen-bond acceptors (Lipinski definition) is 2. The number of hydrogen-bond donors (Lipinski definition) is 1. The molecule has 100 valence electrons. The van der Waals surface area contributed by atoms with E-state index in [-0.39, 0.29) is 0 Å². The van der Waals surface area contributed by atoms with Crippen molar-refractivity contribution in [2.45, 2.75) is 40.3 Å². The van der Waals surface area contributed by atoms with Crippen LogP contribution in [0.15, 0.2) is 36.7 Å². The molecule has 0 atom stereocenters. The topological polar surface area (TPSA) is 24.9 Å². The van der Waals surface area contributed by atoms with Crippen LogP contribution in [0, 0.1) is 10.8 Å². The Kier molecular flexibility index (Phi) is 2.68. The first-order valence-electron chi connectivity index (χ1n) is 6.99. The molecule has 1 N–H and O–H groups in total. The minimum absolute atomic E-state index is 0.380. The Bertz CT molecular complexity index is 594. The van der Waals surface area contributed by atoms with Gasteiger partial charge in [0.05, 0.1) is 0 Å². The number of nitrogens with one attached hydrogen (secondary N) is 1. The van der Waals surface area contributed by atoms with Gasteiger partial charge in [0.25, 0.3) is 0 Å². The lowest BCUT2D eigenvalue weighted by molar-refractivity contribution is 0.457. The number of nitrogens with zero attached hydrogens (tertiary/aromatic N) is 1. The predicted octanol–water partition coefficient (Wildman–Crippen LogP) is 3.76. The van der Waals surface area contributed by atoms with Gasteiger partial charge in [-0.2, -0.15) is 0 Å². The molecule has 2 heteroatoms. The summed E-state index contributed by atoms with van der Waals surface area (Å²) in [6, 6.07) is 9.04. The number of aromatic nitrogens is 1. The predicted molar refractivity (Wildman–Crippen MR) is 79.9 cm³/mol. The Hall–Kier alpha value is -1.41. The van der Waals surface area contributed by atoms with Gasteiger partial charge in [0.15, 0.2) is 0 Å². The van der Waals surface area contributed by atoms with Gasteiger partial charge in [-0.25, -0.2) is 0 Å². The minimum atomic E-state index is 0.380. The van der Waals surface area contributed by atoms with Crippen LogP contribution in [0.2, 0.25) is 0 Å². The van der Waals surface area contributed by atoms with Gasteiger partial charge in [-0.15, -0.1) is 0 Å². The van der Waals surface area contributed by atoms with Gasteiger partial charge in [-0.3, -0.25) is 4.98 Å². The molecule has 1 aliphatic carbocycles. The van der Waals surface area contributed by atoms with Gasteiger partial charge in [-0.05, 0) is 21.8 Å². The number of rotatable bonds is 3. The zero-order valence-electron chi connectivity index (χ0n) is 12.2. The molecule has 0 spiro atoms. The van der Waals surface area contributed by atoms with Gasteiger partial charge < -0.3 is 5.32 Å². The maximum Gasteiger partial charge on any atom is 0.0346 e. The average Bonchev–Trinajstić information content (AvgIpc) is 2.77. The van der Waals surface area contributed by atoms with Crippen LogP contribution < -0.4 is 5.32 Å². The highest BCUT2D eigenvalue weighted by Gasteiger charge is 2.64. The van der Waals surface area contributed by atoms with Crippen LogP contribution in [0.4, 0.5) is 0 Å². The van der Waals surface area contributed by atoms with E-state index in [0.717, 1.165) is 6.54 Å². The summed E-state index contributed by atoms with van der Waals surface area (Å²) in [7, 11) is 0.